The Kier molecular flexibility index (Phi) is 6.11. The number of hydrogen-bond acceptors (Lipinski definition) is 2. The summed E-state index contributed by atoms with van der Waals surface area (Å²) in [6.07, 6.45) is 5.93. The summed E-state index contributed by atoms with van der Waals surface area (Å²) in [6.45, 7) is 0.897. The zero-order chi connectivity index (χ0) is 14.9. The first-order valence-electron chi connectivity index (χ1n) is 7.60. The molecule has 1 aliphatic rings. The molecule has 1 aliphatic carbocycles. The molecular weight excluding hydrogens is 262 g/mol. The van der Waals surface area contributed by atoms with Crippen LogP contribution in [-0.4, -0.2) is 18.6 Å². The maximum Gasteiger partial charge on any atom is 0.315 e. The lowest BCUT2D eigenvalue weighted by atomic mass is 9.96. The van der Waals surface area contributed by atoms with Crippen LogP contribution < -0.4 is 16.4 Å². The predicted octanol–water partition coefficient (Wildman–Crippen LogP) is 2.13. The highest BCUT2D eigenvalue weighted by molar-refractivity contribution is 5.74. The van der Waals surface area contributed by atoms with Gasteiger partial charge in [-0.25, -0.2) is 4.79 Å². The monoisotopic (exact) mass is 285 g/mol. The largest absolute Gasteiger partial charge is 0.335 e. The van der Waals surface area contributed by atoms with Crippen molar-refractivity contribution in [1.82, 2.24) is 10.6 Å². The molecular formula is C17H23N3O. The van der Waals surface area contributed by atoms with Gasteiger partial charge in [-0.2, -0.15) is 0 Å². The second-order valence-corrected chi connectivity index (χ2v) is 5.36. The summed E-state index contributed by atoms with van der Waals surface area (Å²) < 4.78 is 0. The van der Waals surface area contributed by atoms with Crippen molar-refractivity contribution in [3.05, 3.63) is 35.4 Å². The molecule has 4 nitrogen and oxygen atoms in total. The molecule has 0 aliphatic heterocycles. The molecule has 0 aromatic heterocycles. The van der Waals surface area contributed by atoms with Crippen LogP contribution in [0.15, 0.2) is 24.3 Å². The molecule has 21 heavy (non-hydrogen) atoms. The molecule has 0 heterocycles. The maximum atomic E-state index is 11.8. The van der Waals surface area contributed by atoms with E-state index in [0.717, 1.165) is 24.0 Å². The Labute approximate surface area is 126 Å². The Hall–Kier alpha value is -1.99. The average molecular weight is 285 g/mol. The summed E-state index contributed by atoms with van der Waals surface area (Å²) in [5.74, 6) is 5.79. The van der Waals surface area contributed by atoms with E-state index in [1.165, 1.54) is 19.3 Å². The van der Waals surface area contributed by atoms with E-state index in [4.69, 9.17) is 5.73 Å². The highest BCUT2D eigenvalue weighted by Gasteiger charge is 2.15. The van der Waals surface area contributed by atoms with E-state index in [9.17, 15) is 4.79 Å². The van der Waals surface area contributed by atoms with Gasteiger partial charge in [0.15, 0.2) is 0 Å². The fourth-order valence-corrected chi connectivity index (χ4v) is 2.52. The summed E-state index contributed by atoms with van der Waals surface area (Å²) in [7, 11) is 0. The number of nitrogens with two attached hydrogens (primary N) is 1. The van der Waals surface area contributed by atoms with Gasteiger partial charge < -0.3 is 16.4 Å². The predicted molar refractivity (Wildman–Crippen MR) is 84.6 cm³/mol. The summed E-state index contributed by atoms with van der Waals surface area (Å²) in [5.41, 5.74) is 7.34. The normalized spacial score (nSPS) is 14.9. The van der Waals surface area contributed by atoms with Crippen LogP contribution in [0.1, 0.15) is 43.2 Å². The first kappa shape index (κ1) is 15.4. The van der Waals surface area contributed by atoms with Crippen LogP contribution >= 0.6 is 0 Å². The highest BCUT2D eigenvalue weighted by Crippen LogP contribution is 2.17. The van der Waals surface area contributed by atoms with Crippen molar-refractivity contribution in [2.75, 3.05) is 6.54 Å². The molecule has 1 aromatic rings. The number of rotatable bonds is 3. The molecule has 0 unspecified atom stereocenters. The third-order valence-corrected chi connectivity index (χ3v) is 3.68. The third kappa shape index (κ3) is 5.49. The second kappa shape index (κ2) is 8.33. The van der Waals surface area contributed by atoms with Gasteiger partial charge in [0.2, 0.25) is 0 Å². The van der Waals surface area contributed by atoms with Gasteiger partial charge in [-0.3, -0.25) is 0 Å². The van der Waals surface area contributed by atoms with Crippen molar-refractivity contribution in [2.24, 2.45) is 5.73 Å². The lowest BCUT2D eigenvalue weighted by molar-refractivity contribution is 0.232. The van der Waals surface area contributed by atoms with Crippen LogP contribution in [0.5, 0.6) is 0 Å². The Morgan fingerprint density at radius 1 is 1.19 bits per heavy atom. The fraction of sp³-hybridized carbons (Fsp3) is 0.471. The number of amides is 2. The molecule has 112 valence electrons. The summed E-state index contributed by atoms with van der Waals surface area (Å²) in [6, 6.07) is 8.10. The van der Waals surface area contributed by atoms with Gasteiger partial charge in [-0.05, 0) is 30.5 Å². The maximum absolute atomic E-state index is 11.8. The van der Waals surface area contributed by atoms with E-state index in [0.29, 0.717) is 19.1 Å². The molecule has 4 heteroatoms. The number of carbonyl (C=O) groups excluding carboxylic acids is 1. The number of nitrogens with one attached hydrogen (secondary N) is 2. The van der Waals surface area contributed by atoms with Crippen molar-refractivity contribution in [3.63, 3.8) is 0 Å². The minimum absolute atomic E-state index is 0.0751. The third-order valence-electron chi connectivity index (χ3n) is 3.68. The minimum atomic E-state index is -0.0751. The highest BCUT2D eigenvalue weighted by atomic mass is 16.2. The summed E-state index contributed by atoms with van der Waals surface area (Å²) in [4.78, 5) is 11.8. The zero-order valence-corrected chi connectivity index (χ0v) is 12.3. The van der Waals surface area contributed by atoms with Crippen molar-refractivity contribution < 1.29 is 4.79 Å². The molecule has 0 spiro atoms. The van der Waals surface area contributed by atoms with Gasteiger partial charge in [0, 0.05) is 18.2 Å². The van der Waals surface area contributed by atoms with E-state index in [-0.39, 0.29) is 6.03 Å². The van der Waals surface area contributed by atoms with E-state index in [1.54, 1.807) is 0 Å². The van der Waals surface area contributed by atoms with Crippen LogP contribution in [0.3, 0.4) is 0 Å². The van der Waals surface area contributed by atoms with Gasteiger partial charge >= 0.3 is 6.03 Å². The second-order valence-electron chi connectivity index (χ2n) is 5.36. The molecule has 0 radical (unpaired) electrons. The van der Waals surface area contributed by atoms with Crippen molar-refractivity contribution in [2.45, 2.75) is 44.7 Å². The smallest absolute Gasteiger partial charge is 0.315 e. The number of hydrogen-bond donors (Lipinski definition) is 3. The van der Waals surface area contributed by atoms with Crippen LogP contribution in [0, 0.1) is 11.8 Å². The minimum Gasteiger partial charge on any atom is -0.335 e. The first-order valence-corrected chi connectivity index (χ1v) is 7.60. The first-order chi connectivity index (χ1) is 10.3. The Morgan fingerprint density at radius 3 is 2.57 bits per heavy atom. The lowest BCUT2D eigenvalue weighted by Crippen LogP contribution is -2.42. The van der Waals surface area contributed by atoms with Crippen LogP contribution in [0.25, 0.3) is 0 Å². The molecule has 2 rings (SSSR count). The quantitative estimate of drug-likeness (QED) is 0.745. The average Bonchev–Trinajstić information content (AvgIpc) is 2.53. The van der Waals surface area contributed by atoms with E-state index >= 15 is 0 Å². The van der Waals surface area contributed by atoms with Crippen LogP contribution in [-0.2, 0) is 6.54 Å². The molecule has 4 N–H and O–H groups in total. The molecule has 2 amide bonds. The number of carbonyl (C=O) groups is 1. The Morgan fingerprint density at radius 2 is 1.90 bits per heavy atom. The van der Waals surface area contributed by atoms with E-state index < -0.39 is 0 Å². The van der Waals surface area contributed by atoms with E-state index in [2.05, 4.69) is 22.5 Å². The fourth-order valence-electron chi connectivity index (χ4n) is 2.52. The lowest BCUT2D eigenvalue weighted by Gasteiger charge is -2.22. The summed E-state index contributed by atoms with van der Waals surface area (Å²) >= 11 is 0. The van der Waals surface area contributed by atoms with Crippen molar-refractivity contribution in [3.8, 4) is 11.8 Å². The van der Waals surface area contributed by atoms with Gasteiger partial charge in [-0.1, -0.05) is 43.2 Å². The SMILES string of the molecule is NCC#Cc1ccc(CNC(=O)NC2CCCCC2)cc1. The molecule has 0 bridgehead atoms. The van der Waals surface area contributed by atoms with Crippen LogP contribution in [0.2, 0.25) is 0 Å². The van der Waals surface area contributed by atoms with Crippen molar-refractivity contribution in [1.29, 1.82) is 0 Å². The zero-order valence-electron chi connectivity index (χ0n) is 12.3. The van der Waals surface area contributed by atoms with Crippen molar-refractivity contribution >= 4 is 6.03 Å². The van der Waals surface area contributed by atoms with Gasteiger partial charge in [0.05, 0.1) is 6.54 Å². The summed E-state index contributed by atoms with van der Waals surface area (Å²) in [5, 5.41) is 5.94. The molecule has 1 saturated carbocycles. The molecule has 0 atom stereocenters. The van der Waals surface area contributed by atoms with Crippen LogP contribution in [0.4, 0.5) is 4.79 Å². The molecule has 0 saturated heterocycles. The number of benzene rings is 1. The number of urea groups is 1. The standard InChI is InChI=1S/C17H23N3O/c18-12-4-5-14-8-10-15(11-9-14)13-19-17(21)20-16-6-2-1-3-7-16/h8-11,16H,1-3,6-7,12-13,18H2,(H2,19,20,21). The Balaban J connectivity index is 1.75. The van der Waals surface area contributed by atoms with Gasteiger partial charge in [0.1, 0.15) is 0 Å². The molecule has 1 aromatic carbocycles. The van der Waals surface area contributed by atoms with Gasteiger partial charge in [-0.15, -0.1) is 0 Å². The van der Waals surface area contributed by atoms with Gasteiger partial charge in [0.25, 0.3) is 0 Å². The van der Waals surface area contributed by atoms with E-state index in [1.807, 2.05) is 24.3 Å². The molecule has 1 fully saturated rings. The Bertz CT molecular complexity index is 507. The topological polar surface area (TPSA) is 67.1 Å².